The zero-order valence-electron chi connectivity index (χ0n) is 20.5. The summed E-state index contributed by atoms with van der Waals surface area (Å²) in [5.41, 5.74) is 2.75. The molecule has 0 spiro atoms. The van der Waals surface area contributed by atoms with Gasteiger partial charge in [0, 0.05) is 19.0 Å². The van der Waals surface area contributed by atoms with Gasteiger partial charge in [0.15, 0.2) is 6.61 Å². The molecule has 3 aromatic rings. The topological polar surface area (TPSA) is 58.6 Å². The third-order valence-corrected chi connectivity index (χ3v) is 5.92. The van der Waals surface area contributed by atoms with Gasteiger partial charge in [0.2, 0.25) is 5.91 Å². The molecule has 0 aliphatic rings. The van der Waals surface area contributed by atoms with Crippen LogP contribution in [-0.2, 0) is 22.6 Å². The van der Waals surface area contributed by atoms with Crippen molar-refractivity contribution in [3.63, 3.8) is 0 Å². The average Bonchev–Trinajstić information content (AvgIpc) is 2.87. The van der Waals surface area contributed by atoms with Gasteiger partial charge in [0.1, 0.15) is 17.6 Å². The largest absolute Gasteiger partial charge is 0.484 e. The maximum absolute atomic E-state index is 13.5. The normalized spacial score (nSPS) is 12.5. The summed E-state index contributed by atoms with van der Waals surface area (Å²) in [6.07, 6.45) is 1.12. The lowest BCUT2D eigenvalue weighted by Crippen LogP contribution is -2.53. The number of hydrogen-bond donors (Lipinski definition) is 1. The first-order chi connectivity index (χ1) is 16.9. The number of halogens is 1. The average molecular weight is 477 g/mol. The molecule has 2 amide bonds. The van der Waals surface area contributed by atoms with Crippen LogP contribution in [0.25, 0.3) is 0 Å². The summed E-state index contributed by atoms with van der Waals surface area (Å²) < 4.78 is 19.3. The molecule has 0 heterocycles. The van der Waals surface area contributed by atoms with E-state index in [4.69, 9.17) is 4.74 Å². The fourth-order valence-electron chi connectivity index (χ4n) is 3.64. The van der Waals surface area contributed by atoms with Crippen LogP contribution in [0.3, 0.4) is 0 Å². The van der Waals surface area contributed by atoms with Gasteiger partial charge in [-0.15, -0.1) is 0 Å². The standard InChI is InChI=1S/C29H33FN2O3/c1-4-22(3)31-29(34)27(18-23-8-6-5-7-9-23)32(19-24-12-14-25(30)15-13-24)28(33)20-35-26-16-10-21(2)11-17-26/h5-17,22,27H,4,18-20H2,1-3H3,(H,31,34)/t22-,27+/m0/s1. The molecule has 3 aromatic carbocycles. The highest BCUT2D eigenvalue weighted by atomic mass is 19.1. The highest BCUT2D eigenvalue weighted by molar-refractivity contribution is 5.88. The third-order valence-electron chi connectivity index (χ3n) is 5.92. The molecule has 35 heavy (non-hydrogen) atoms. The van der Waals surface area contributed by atoms with E-state index in [9.17, 15) is 14.0 Å². The van der Waals surface area contributed by atoms with E-state index in [0.717, 1.165) is 23.1 Å². The molecule has 5 nitrogen and oxygen atoms in total. The molecule has 0 aromatic heterocycles. The van der Waals surface area contributed by atoms with Gasteiger partial charge < -0.3 is 15.0 Å². The quantitative estimate of drug-likeness (QED) is 0.421. The Bertz CT molecular complexity index is 1090. The van der Waals surface area contributed by atoms with Crippen molar-refractivity contribution in [1.29, 1.82) is 0 Å². The number of hydrogen-bond acceptors (Lipinski definition) is 3. The highest BCUT2D eigenvalue weighted by Gasteiger charge is 2.31. The van der Waals surface area contributed by atoms with E-state index in [1.54, 1.807) is 12.1 Å². The van der Waals surface area contributed by atoms with E-state index in [2.05, 4.69) is 5.32 Å². The van der Waals surface area contributed by atoms with E-state index in [0.29, 0.717) is 12.2 Å². The van der Waals surface area contributed by atoms with Crippen LogP contribution in [0.5, 0.6) is 5.75 Å². The lowest BCUT2D eigenvalue weighted by molar-refractivity contribution is -0.143. The molecule has 0 aliphatic carbocycles. The Morgan fingerprint density at radius 2 is 1.60 bits per heavy atom. The number of carbonyl (C=O) groups is 2. The SMILES string of the molecule is CC[C@H](C)NC(=O)[C@@H](Cc1ccccc1)N(Cc1ccc(F)cc1)C(=O)COc1ccc(C)cc1. The second-order valence-electron chi connectivity index (χ2n) is 8.77. The molecule has 184 valence electrons. The number of aryl methyl sites for hydroxylation is 1. The molecule has 0 bridgehead atoms. The fraction of sp³-hybridized carbons (Fsp3) is 0.310. The second kappa shape index (κ2) is 12.7. The van der Waals surface area contributed by atoms with E-state index in [1.807, 2.05) is 75.4 Å². The summed E-state index contributed by atoms with van der Waals surface area (Å²) >= 11 is 0. The summed E-state index contributed by atoms with van der Waals surface area (Å²) in [7, 11) is 0. The van der Waals surface area contributed by atoms with Crippen LogP contribution < -0.4 is 10.1 Å². The third kappa shape index (κ3) is 7.95. The van der Waals surface area contributed by atoms with Crippen molar-refractivity contribution in [1.82, 2.24) is 10.2 Å². The second-order valence-corrected chi connectivity index (χ2v) is 8.77. The lowest BCUT2D eigenvalue weighted by atomic mass is 10.0. The molecule has 0 radical (unpaired) electrons. The van der Waals surface area contributed by atoms with Gasteiger partial charge in [-0.1, -0.05) is 67.1 Å². The van der Waals surface area contributed by atoms with Gasteiger partial charge in [0.25, 0.3) is 5.91 Å². The van der Waals surface area contributed by atoms with Gasteiger partial charge in [0.05, 0.1) is 0 Å². The van der Waals surface area contributed by atoms with Crippen molar-refractivity contribution in [2.45, 2.75) is 52.2 Å². The number of ether oxygens (including phenoxy) is 1. The van der Waals surface area contributed by atoms with Gasteiger partial charge in [-0.2, -0.15) is 0 Å². The molecule has 1 N–H and O–H groups in total. The van der Waals surface area contributed by atoms with Crippen LogP contribution in [0.4, 0.5) is 4.39 Å². The summed E-state index contributed by atoms with van der Waals surface area (Å²) in [5.74, 6) is -0.330. The molecule has 0 saturated carbocycles. The van der Waals surface area contributed by atoms with E-state index in [-0.39, 0.29) is 36.8 Å². The summed E-state index contributed by atoms with van der Waals surface area (Å²) in [5, 5.41) is 3.03. The van der Waals surface area contributed by atoms with E-state index < -0.39 is 6.04 Å². The maximum atomic E-state index is 13.5. The summed E-state index contributed by atoms with van der Waals surface area (Å²) in [6.45, 7) is 5.84. The number of benzene rings is 3. The predicted octanol–water partition coefficient (Wildman–Crippen LogP) is 5.07. The van der Waals surface area contributed by atoms with Crippen LogP contribution in [0, 0.1) is 12.7 Å². The van der Waals surface area contributed by atoms with Crippen molar-refractivity contribution in [2.75, 3.05) is 6.61 Å². The van der Waals surface area contributed by atoms with Crippen molar-refractivity contribution in [3.8, 4) is 5.75 Å². The number of rotatable bonds is 11. The zero-order valence-corrected chi connectivity index (χ0v) is 20.5. The summed E-state index contributed by atoms with van der Waals surface area (Å²) in [6, 6.07) is 22.2. The number of nitrogens with one attached hydrogen (secondary N) is 1. The van der Waals surface area contributed by atoms with Crippen LogP contribution >= 0.6 is 0 Å². The smallest absolute Gasteiger partial charge is 0.261 e. The lowest BCUT2D eigenvalue weighted by Gasteiger charge is -2.32. The molecule has 0 saturated heterocycles. The Kier molecular flexibility index (Phi) is 9.41. The molecule has 0 unspecified atom stereocenters. The minimum atomic E-state index is -0.759. The molecular weight excluding hydrogens is 443 g/mol. The van der Waals surface area contributed by atoms with Crippen LogP contribution in [0.1, 0.15) is 37.0 Å². The molecular formula is C29H33FN2O3. The monoisotopic (exact) mass is 476 g/mol. The summed E-state index contributed by atoms with van der Waals surface area (Å²) in [4.78, 5) is 28.4. The Morgan fingerprint density at radius 1 is 0.943 bits per heavy atom. The Morgan fingerprint density at radius 3 is 2.23 bits per heavy atom. The minimum Gasteiger partial charge on any atom is -0.484 e. The van der Waals surface area contributed by atoms with Crippen LogP contribution in [0.2, 0.25) is 0 Å². The Hall–Kier alpha value is -3.67. The van der Waals surface area contributed by atoms with E-state index >= 15 is 0 Å². The highest BCUT2D eigenvalue weighted by Crippen LogP contribution is 2.17. The van der Waals surface area contributed by atoms with Gasteiger partial charge in [-0.25, -0.2) is 4.39 Å². The number of amides is 2. The van der Waals surface area contributed by atoms with E-state index in [1.165, 1.54) is 17.0 Å². The number of nitrogens with zero attached hydrogens (tertiary/aromatic N) is 1. The fourth-order valence-corrected chi connectivity index (χ4v) is 3.64. The van der Waals surface area contributed by atoms with Crippen LogP contribution in [0.15, 0.2) is 78.9 Å². The molecule has 6 heteroatoms. The first kappa shape index (κ1) is 25.9. The van der Waals surface area contributed by atoms with Crippen molar-refractivity contribution < 1.29 is 18.7 Å². The van der Waals surface area contributed by atoms with Crippen molar-refractivity contribution in [2.24, 2.45) is 0 Å². The first-order valence-electron chi connectivity index (χ1n) is 11.9. The van der Waals surface area contributed by atoms with Gasteiger partial charge in [-0.05, 0) is 55.7 Å². The Labute approximate surface area is 206 Å². The maximum Gasteiger partial charge on any atom is 0.261 e. The molecule has 0 aliphatic heterocycles. The zero-order chi connectivity index (χ0) is 25.2. The van der Waals surface area contributed by atoms with Gasteiger partial charge >= 0.3 is 0 Å². The number of carbonyl (C=O) groups excluding carboxylic acids is 2. The minimum absolute atomic E-state index is 0.0349. The van der Waals surface area contributed by atoms with Crippen molar-refractivity contribution >= 4 is 11.8 Å². The predicted molar refractivity (Wildman–Crippen MR) is 135 cm³/mol. The molecule has 3 rings (SSSR count). The molecule has 0 fully saturated rings. The van der Waals surface area contributed by atoms with Crippen molar-refractivity contribution in [3.05, 3.63) is 101 Å². The Balaban J connectivity index is 1.89. The molecule has 2 atom stereocenters. The van der Waals surface area contributed by atoms with Crippen LogP contribution in [-0.4, -0.2) is 35.4 Å². The van der Waals surface area contributed by atoms with Gasteiger partial charge in [-0.3, -0.25) is 9.59 Å². The first-order valence-corrected chi connectivity index (χ1v) is 11.9.